The van der Waals surface area contributed by atoms with Crippen molar-refractivity contribution in [2.24, 2.45) is 16.6 Å². The molecule has 2 fully saturated rings. The summed E-state index contributed by atoms with van der Waals surface area (Å²) >= 11 is 0. The molecule has 0 bridgehead atoms. The first-order chi connectivity index (χ1) is 11.7. The van der Waals surface area contributed by atoms with E-state index in [0.29, 0.717) is 32.1 Å². The smallest absolute Gasteiger partial charge is 0.410 e. The number of ether oxygens (including phenoxy) is 1. The minimum absolute atomic E-state index is 0.245. The lowest BCUT2D eigenvalue weighted by Gasteiger charge is -2.36. The van der Waals surface area contributed by atoms with Gasteiger partial charge in [0.1, 0.15) is 5.60 Å². The number of rotatable bonds is 3. The maximum Gasteiger partial charge on any atom is 0.410 e. The Balaban J connectivity index is 1.69. The Morgan fingerprint density at radius 2 is 1.64 bits per heavy atom. The number of nitrogens with zero attached hydrogens (tertiary/aromatic N) is 4. The summed E-state index contributed by atoms with van der Waals surface area (Å²) < 4.78 is 5.42. The molecule has 2 saturated heterocycles. The second kappa shape index (κ2) is 8.74. The van der Waals surface area contributed by atoms with E-state index in [1.54, 1.807) is 4.90 Å². The highest BCUT2D eigenvalue weighted by molar-refractivity contribution is 5.78. The number of amides is 1. The average Bonchev–Trinajstić information content (AvgIpc) is 2.55. The molecule has 2 heterocycles. The number of carbonyl (C=O) groups is 1. The molecule has 0 saturated carbocycles. The van der Waals surface area contributed by atoms with E-state index in [2.05, 4.69) is 21.8 Å². The largest absolute Gasteiger partial charge is 0.444 e. The molecule has 0 unspecified atom stereocenters. The number of likely N-dealkylation sites (tertiary alicyclic amines) is 1. The second-order valence-corrected chi connectivity index (χ2v) is 8.23. The number of carbonyl (C=O) groups excluding carboxylic acids is 1. The zero-order valence-electron chi connectivity index (χ0n) is 16.3. The van der Waals surface area contributed by atoms with Gasteiger partial charge in [-0.2, -0.15) is 0 Å². The van der Waals surface area contributed by atoms with E-state index in [0.717, 1.165) is 18.9 Å². The fraction of sp³-hybridized carbons (Fsp3) is 0.889. The van der Waals surface area contributed by atoms with Crippen LogP contribution in [0.1, 0.15) is 40.0 Å². The van der Waals surface area contributed by atoms with Gasteiger partial charge >= 0.3 is 6.09 Å². The predicted octanol–water partition coefficient (Wildman–Crippen LogP) is 1.59. The Morgan fingerprint density at radius 3 is 2.20 bits per heavy atom. The molecule has 2 rings (SSSR count). The van der Waals surface area contributed by atoms with Crippen LogP contribution in [0.15, 0.2) is 4.99 Å². The molecule has 7 nitrogen and oxygen atoms in total. The molecule has 2 aliphatic heterocycles. The Morgan fingerprint density at radius 1 is 1.08 bits per heavy atom. The number of piperidine rings is 1. The van der Waals surface area contributed by atoms with Crippen LogP contribution in [0.2, 0.25) is 0 Å². The van der Waals surface area contributed by atoms with Crippen molar-refractivity contribution in [2.75, 3.05) is 52.9 Å². The van der Waals surface area contributed by atoms with Crippen LogP contribution in [0.4, 0.5) is 4.79 Å². The van der Waals surface area contributed by atoms with Crippen molar-refractivity contribution in [1.82, 2.24) is 14.7 Å². The third-order valence-electron chi connectivity index (χ3n) is 4.90. The molecule has 25 heavy (non-hydrogen) atoms. The van der Waals surface area contributed by atoms with Crippen LogP contribution < -0.4 is 5.73 Å². The Kier molecular flexibility index (Phi) is 6.93. The Hall–Kier alpha value is -1.50. The van der Waals surface area contributed by atoms with Crippen molar-refractivity contribution in [3.8, 4) is 0 Å². The van der Waals surface area contributed by atoms with Crippen molar-refractivity contribution in [1.29, 1.82) is 0 Å². The molecule has 2 aliphatic rings. The van der Waals surface area contributed by atoms with Gasteiger partial charge < -0.3 is 25.2 Å². The molecule has 1 amide bonds. The summed E-state index contributed by atoms with van der Waals surface area (Å²) in [7, 11) is 2.18. The molecule has 0 aliphatic carbocycles. The second-order valence-electron chi connectivity index (χ2n) is 8.23. The zero-order valence-corrected chi connectivity index (χ0v) is 16.3. The van der Waals surface area contributed by atoms with Crippen LogP contribution in [-0.4, -0.2) is 85.2 Å². The molecule has 2 N–H and O–H groups in total. The van der Waals surface area contributed by atoms with E-state index < -0.39 is 5.60 Å². The van der Waals surface area contributed by atoms with Crippen LogP contribution in [0.3, 0.4) is 0 Å². The number of piperazine rings is 1. The van der Waals surface area contributed by atoms with E-state index in [1.807, 2.05) is 20.8 Å². The summed E-state index contributed by atoms with van der Waals surface area (Å²) in [6.45, 7) is 11.5. The number of hydrogen-bond donors (Lipinski definition) is 1. The van der Waals surface area contributed by atoms with Gasteiger partial charge in [0.05, 0.1) is 0 Å². The van der Waals surface area contributed by atoms with Crippen molar-refractivity contribution in [3.05, 3.63) is 0 Å². The van der Waals surface area contributed by atoms with E-state index >= 15 is 0 Å². The van der Waals surface area contributed by atoms with Gasteiger partial charge in [0, 0.05) is 32.7 Å². The quantitative estimate of drug-likeness (QED) is 0.616. The molecular weight excluding hydrogens is 318 g/mol. The maximum atomic E-state index is 12.1. The standard InChI is InChI=1S/C18H35N5O2/c1-18(2,3)25-17(24)23-13-11-22(12-14-23)16(19)20-8-5-15-6-9-21(4)10-7-15/h15H,5-14H2,1-4H3,(H2,19,20). The molecule has 0 radical (unpaired) electrons. The fourth-order valence-electron chi connectivity index (χ4n) is 3.26. The first-order valence-electron chi connectivity index (χ1n) is 9.46. The normalized spacial score (nSPS) is 21.5. The first kappa shape index (κ1) is 19.8. The van der Waals surface area contributed by atoms with Crippen LogP contribution >= 0.6 is 0 Å². The Bertz CT molecular complexity index is 459. The third kappa shape index (κ3) is 6.72. The minimum Gasteiger partial charge on any atom is -0.444 e. The molecule has 0 atom stereocenters. The van der Waals surface area contributed by atoms with Crippen molar-refractivity contribution >= 4 is 12.1 Å². The van der Waals surface area contributed by atoms with E-state index in [-0.39, 0.29) is 6.09 Å². The first-order valence-corrected chi connectivity index (χ1v) is 9.46. The molecule has 0 spiro atoms. The van der Waals surface area contributed by atoms with Gasteiger partial charge in [-0.1, -0.05) is 0 Å². The molecule has 0 aromatic carbocycles. The molecular formula is C18H35N5O2. The van der Waals surface area contributed by atoms with Crippen LogP contribution in [-0.2, 0) is 4.74 Å². The van der Waals surface area contributed by atoms with Gasteiger partial charge in [0.25, 0.3) is 0 Å². The van der Waals surface area contributed by atoms with E-state index in [4.69, 9.17) is 10.5 Å². The summed E-state index contributed by atoms with van der Waals surface area (Å²) in [6, 6.07) is 0. The third-order valence-corrected chi connectivity index (χ3v) is 4.90. The SMILES string of the molecule is CN1CCC(CCN=C(N)N2CCN(C(=O)OC(C)(C)C)CC2)CC1. The van der Waals surface area contributed by atoms with Crippen molar-refractivity contribution in [3.63, 3.8) is 0 Å². The fourth-order valence-corrected chi connectivity index (χ4v) is 3.26. The lowest BCUT2D eigenvalue weighted by atomic mass is 9.94. The lowest BCUT2D eigenvalue weighted by Crippen LogP contribution is -2.53. The van der Waals surface area contributed by atoms with Crippen LogP contribution in [0, 0.1) is 5.92 Å². The summed E-state index contributed by atoms with van der Waals surface area (Å²) in [5, 5.41) is 0. The highest BCUT2D eigenvalue weighted by Crippen LogP contribution is 2.19. The summed E-state index contributed by atoms with van der Waals surface area (Å²) in [5.74, 6) is 1.38. The average molecular weight is 354 g/mol. The van der Waals surface area contributed by atoms with Crippen LogP contribution in [0.25, 0.3) is 0 Å². The van der Waals surface area contributed by atoms with Crippen LogP contribution in [0.5, 0.6) is 0 Å². The molecule has 7 heteroatoms. The monoisotopic (exact) mass is 353 g/mol. The molecule has 0 aromatic rings. The number of hydrogen-bond acceptors (Lipinski definition) is 4. The summed E-state index contributed by atoms with van der Waals surface area (Å²) in [6.07, 6.45) is 3.40. The van der Waals surface area contributed by atoms with Gasteiger partial charge in [0.2, 0.25) is 0 Å². The topological polar surface area (TPSA) is 74.4 Å². The Labute approximate surface area is 152 Å². The van der Waals surface area contributed by atoms with Crippen molar-refractivity contribution < 1.29 is 9.53 Å². The van der Waals surface area contributed by atoms with Gasteiger partial charge in [-0.25, -0.2) is 4.79 Å². The van der Waals surface area contributed by atoms with E-state index in [1.165, 1.54) is 25.9 Å². The van der Waals surface area contributed by atoms with Gasteiger partial charge in [-0.15, -0.1) is 0 Å². The van der Waals surface area contributed by atoms with Gasteiger partial charge in [0.15, 0.2) is 5.96 Å². The molecule has 0 aromatic heterocycles. The highest BCUT2D eigenvalue weighted by atomic mass is 16.6. The summed E-state index contributed by atoms with van der Waals surface area (Å²) in [4.78, 5) is 22.8. The highest BCUT2D eigenvalue weighted by Gasteiger charge is 2.26. The maximum absolute atomic E-state index is 12.1. The minimum atomic E-state index is -0.456. The van der Waals surface area contributed by atoms with Gasteiger partial charge in [-0.3, -0.25) is 4.99 Å². The number of aliphatic imine (C=N–C) groups is 1. The van der Waals surface area contributed by atoms with Gasteiger partial charge in [-0.05, 0) is 66.1 Å². The number of nitrogens with two attached hydrogens (primary N) is 1. The number of guanidine groups is 1. The zero-order chi connectivity index (χ0) is 18.4. The lowest BCUT2D eigenvalue weighted by molar-refractivity contribution is 0.0186. The predicted molar refractivity (Wildman–Crippen MR) is 101 cm³/mol. The van der Waals surface area contributed by atoms with E-state index in [9.17, 15) is 4.79 Å². The molecule has 144 valence electrons. The summed E-state index contributed by atoms with van der Waals surface area (Å²) in [5.41, 5.74) is 5.69. The van der Waals surface area contributed by atoms with Crippen molar-refractivity contribution in [2.45, 2.75) is 45.6 Å².